The molecule has 0 atom stereocenters. The molecule has 0 saturated carbocycles. The highest BCUT2D eigenvalue weighted by Gasteiger charge is 2.18. The summed E-state index contributed by atoms with van der Waals surface area (Å²) in [5.74, 6) is -1.01. The monoisotopic (exact) mass is 403 g/mol. The van der Waals surface area contributed by atoms with E-state index in [1.165, 1.54) is 5.56 Å². The number of rotatable bonds is 8. The quantitative estimate of drug-likeness (QED) is 0.539. The Kier molecular flexibility index (Phi) is 7.81. The molecule has 0 aliphatic carbocycles. The summed E-state index contributed by atoms with van der Waals surface area (Å²) in [6.45, 7) is 9.22. The van der Waals surface area contributed by atoms with Gasteiger partial charge in [-0.25, -0.2) is 9.78 Å². The molecule has 1 N–H and O–H groups in total. The van der Waals surface area contributed by atoms with E-state index >= 15 is 0 Å². The van der Waals surface area contributed by atoms with Crippen molar-refractivity contribution < 1.29 is 14.3 Å². The maximum Gasteiger partial charge on any atom is 0.342 e. The van der Waals surface area contributed by atoms with Crippen LogP contribution in [0.5, 0.6) is 0 Å². The van der Waals surface area contributed by atoms with Crippen molar-refractivity contribution in [3.8, 4) is 0 Å². The van der Waals surface area contributed by atoms with Crippen LogP contribution in [0.4, 0.5) is 5.69 Å². The van der Waals surface area contributed by atoms with Gasteiger partial charge in [0.05, 0.1) is 5.56 Å². The first-order valence-electron chi connectivity index (χ1n) is 9.21. The van der Waals surface area contributed by atoms with Gasteiger partial charge in [0, 0.05) is 31.0 Å². The molecule has 1 aromatic carbocycles. The number of hydrogen-bond acceptors (Lipinski definition) is 5. The molecule has 7 heteroatoms. The van der Waals surface area contributed by atoms with Crippen molar-refractivity contribution in [3.05, 3.63) is 57.9 Å². The van der Waals surface area contributed by atoms with Gasteiger partial charge in [-0.2, -0.15) is 0 Å². The SMILES string of the molecule is CCN(CCNC(=O)COC(=O)c1c(C)cc(C)nc1Cl)c1cccc(C)c1. The highest BCUT2D eigenvalue weighted by Crippen LogP contribution is 2.19. The predicted octanol–water partition coefficient (Wildman–Crippen LogP) is 3.46. The lowest BCUT2D eigenvalue weighted by atomic mass is 10.1. The van der Waals surface area contributed by atoms with Crippen molar-refractivity contribution in [3.63, 3.8) is 0 Å². The van der Waals surface area contributed by atoms with E-state index in [9.17, 15) is 9.59 Å². The number of benzene rings is 1. The fourth-order valence-corrected chi connectivity index (χ4v) is 3.27. The summed E-state index contributed by atoms with van der Waals surface area (Å²) in [6, 6.07) is 9.95. The first-order valence-corrected chi connectivity index (χ1v) is 9.58. The number of esters is 1. The summed E-state index contributed by atoms with van der Waals surface area (Å²) in [5.41, 5.74) is 3.87. The van der Waals surface area contributed by atoms with Crippen LogP contribution in [-0.2, 0) is 9.53 Å². The van der Waals surface area contributed by atoms with Crippen molar-refractivity contribution in [2.75, 3.05) is 31.1 Å². The molecule has 28 heavy (non-hydrogen) atoms. The zero-order valence-electron chi connectivity index (χ0n) is 16.7. The van der Waals surface area contributed by atoms with E-state index in [4.69, 9.17) is 16.3 Å². The molecule has 0 spiro atoms. The summed E-state index contributed by atoms with van der Waals surface area (Å²) in [5, 5.41) is 2.85. The molecule has 0 saturated heterocycles. The van der Waals surface area contributed by atoms with Gasteiger partial charge in [-0.15, -0.1) is 0 Å². The fraction of sp³-hybridized carbons (Fsp3) is 0.381. The van der Waals surface area contributed by atoms with Gasteiger partial charge in [-0.05, 0) is 57.0 Å². The fourth-order valence-electron chi connectivity index (χ4n) is 2.92. The van der Waals surface area contributed by atoms with Gasteiger partial charge < -0.3 is 15.0 Å². The number of pyridine rings is 1. The Balaban J connectivity index is 1.82. The molecule has 2 aromatic rings. The largest absolute Gasteiger partial charge is 0.452 e. The maximum absolute atomic E-state index is 12.2. The van der Waals surface area contributed by atoms with E-state index in [1.807, 2.05) is 25.1 Å². The van der Waals surface area contributed by atoms with Gasteiger partial charge >= 0.3 is 5.97 Å². The Morgan fingerprint density at radius 3 is 2.61 bits per heavy atom. The second-order valence-corrected chi connectivity index (χ2v) is 6.95. The smallest absolute Gasteiger partial charge is 0.342 e. The van der Waals surface area contributed by atoms with Gasteiger partial charge in [-0.1, -0.05) is 23.7 Å². The van der Waals surface area contributed by atoms with Gasteiger partial charge in [0.1, 0.15) is 5.15 Å². The Labute approximate surface area is 170 Å². The third-order valence-electron chi connectivity index (χ3n) is 4.29. The Morgan fingerprint density at radius 1 is 1.21 bits per heavy atom. The van der Waals surface area contributed by atoms with Crippen LogP contribution in [0, 0.1) is 20.8 Å². The number of nitrogens with zero attached hydrogens (tertiary/aromatic N) is 2. The molecule has 0 unspecified atom stereocenters. The molecule has 2 rings (SSSR count). The molecule has 0 radical (unpaired) electrons. The molecular weight excluding hydrogens is 378 g/mol. The highest BCUT2D eigenvalue weighted by atomic mass is 35.5. The van der Waals surface area contributed by atoms with E-state index in [0.717, 1.165) is 12.2 Å². The number of hydrogen-bond donors (Lipinski definition) is 1. The standard InChI is InChI=1S/C21H26ClN3O3/c1-5-25(17-8-6-7-14(2)11-17)10-9-23-18(26)13-28-21(27)19-15(3)12-16(4)24-20(19)22/h6-8,11-12H,5,9-10,13H2,1-4H3,(H,23,26). The average molecular weight is 404 g/mol. The van der Waals surface area contributed by atoms with Crippen LogP contribution in [0.15, 0.2) is 30.3 Å². The first kappa shape index (κ1) is 21.7. The summed E-state index contributed by atoms with van der Waals surface area (Å²) in [4.78, 5) is 30.4. The van der Waals surface area contributed by atoms with Crippen LogP contribution < -0.4 is 10.2 Å². The molecule has 0 fully saturated rings. The molecule has 0 aliphatic rings. The minimum absolute atomic E-state index is 0.0830. The number of aryl methyl sites for hydroxylation is 3. The van der Waals surface area contributed by atoms with Crippen LogP contribution >= 0.6 is 11.6 Å². The molecule has 0 bridgehead atoms. The highest BCUT2D eigenvalue weighted by molar-refractivity contribution is 6.32. The van der Waals surface area contributed by atoms with E-state index in [2.05, 4.69) is 28.2 Å². The van der Waals surface area contributed by atoms with Crippen LogP contribution in [0.1, 0.15) is 34.1 Å². The van der Waals surface area contributed by atoms with Gasteiger partial charge in [-0.3, -0.25) is 4.79 Å². The topological polar surface area (TPSA) is 71.5 Å². The Bertz CT molecular complexity index is 832. The molecular formula is C21H26ClN3O3. The van der Waals surface area contributed by atoms with Gasteiger partial charge in [0.15, 0.2) is 6.61 Å². The van der Waals surface area contributed by atoms with Gasteiger partial charge in [0.2, 0.25) is 0 Å². The third-order valence-corrected chi connectivity index (χ3v) is 4.56. The summed E-state index contributed by atoms with van der Waals surface area (Å²) >= 11 is 6.03. The second-order valence-electron chi connectivity index (χ2n) is 6.59. The van der Waals surface area contributed by atoms with Crippen molar-refractivity contribution in [2.24, 2.45) is 0 Å². The number of carbonyl (C=O) groups is 2. The van der Waals surface area contributed by atoms with Crippen molar-refractivity contribution in [2.45, 2.75) is 27.7 Å². The normalized spacial score (nSPS) is 10.5. The van der Waals surface area contributed by atoms with Crippen LogP contribution in [0.25, 0.3) is 0 Å². The zero-order valence-corrected chi connectivity index (χ0v) is 17.5. The zero-order chi connectivity index (χ0) is 20.7. The van der Waals surface area contributed by atoms with Crippen molar-refractivity contribution in [1.29, 1.82) is 0 Å². The first-order chi connectivity index (χ1) is 13.3. The molecule has 0 aliphatic heterocycles. The minimum Gasteiger partial charge on any atom is -0.452 e. The van der Waals surface area contributed by atoms with Crippen LogP contribution in [0.2, 0.25) is 5.15 Å². The number of amides is 1. The Morgan fingerprint density at radius 2 is 1.96 bits per heavy atom. The molecule has 1 amide bonds. The number of halogens is 1. The number of ether oxygens (including phenoxy) is 1. The summed E-state index contributed by atoms with van der Waals surface area (Å²) < 4.78 is 5.09. The number of carbonyl (C=O) groups excluding carboxylic acids is 2. The molecule has 6 nitrogen and oxygen atoms in total. The van der Waals surface area contributed by atoms with Crippen LogP contribution in [-0.4, -0.2) is 43.1 Å². The van der Waals surface area contributed by atoms with E-state index in [1.54, 1.807) is 19.9 Å². The minimum atomic E-state index is -0.653. The number of nitrogens with one attached hydrogen (secondary N) is 1. The summed E-state index contributed by atoms with van der Waals surface area (Å²) in [7, 11) is 0. The third kappa shape index (κ3) is 5.96. The molecule has 1 heterocycles. The van der Waals surface area contributed by atoms with Gasteiger partial charge in [0.25, 0.3) is 5.91 Å². The average Bonchev–Trinajstić information content (AvgIpc) is 2.62. The molecule has 1 aromatic heterocycles. The van der Waals surface area contributed by atoms with Crippen LogP contribution in [0.3, 0.4) is 0 Å². The predicted molar refractivity (Wildman–Crippen MR) is 111 cm³/mol. The number of anilines is 1. The lowest BCUT2D eigenvalue weighted by Crippen LogP contribution is -2.37. The lowest BCUT2D eigenvalue weighted by molar-refractivity contribution is -0.124. The van der Waals surface area contributed by atoms with E-state index in [0.29, 0.717) is 24.3 Å². The van der Waals surface area contributed by atoms with Crippen molar-refractivity contribution in [1.82, 2.24) is 10.3 Å². The van der Waals surface area contributed by atoms with E-state index in [-0.39, 0.29) is 23.2 Å². The number of aromatic nitrogens is 1. The van der Waals surface area contributed by atoms with Crippen molar-refractivity contribution >= 4 is 29.2 Å². The maximum atomic E-state index is 12.2. The summed E-state index contributed by atoms with van der Waals surface area (Å²) in [6.07, 6.45) is 0. The Hall–Kier alpha value is -2.60. The number of likely N-dealkylation sites (N-methyl/N-ethyl adjacent to an activating group) is 1. The second kappa shape index (κ2) is 10.1. The molecule has 150 valence electrons. The lowest BCUT2D eigenvalue weighted by Gasteiger charge is -2.23. The van der Waals surface area contributed by atoms with E-state index < -0.39 is 5.97 Å².